The van der Waals surface area contributed by atoms with Gasteiger partial charge in [-0.25, -0.2) is 9.82 Å². The second-order valence-electron chi connectivity index (χ2n) is 5.06. The topological polar surface area (TPSA) is 69.2 Å². The molecule has 132 valence electrons. The number of ether oxygens (including phenoxy) is 3. The number of halogens is 1. The maximum atomic E-state index is 13.7. The number of carbonyl (C=O) groups excluding carboxylic acids is 1. The summed E-state index contributed by atoms with van der Waals surface area (Å²) in [4.78, 5) is 12.2. The number of hydrogen-bond donors (Lipinski definition) is 1. The van der Waals surface area contributed by atoms with Crippen molar-refractivity contribution in [3.63, 3.8) is 0 Å². The summed E-state index contributed by atoms with van der Waals surface area (Å²) in [5.41, 5.74) is 3.78. The van der Waals surface area contributed by atoms with Gasteiger partial charge < -0.3 is 14.2 Å². The fourth-order valence-electron chi connectivity index (χ4n) is 2.13. The van der Waals surface area contributed by atoms with Crippen molar-refractivity contribution in [2.75, 3.05) is 21.3 Å². The van der Waals surface area contributed by atoms with Crippen LogP contribution in [0.2, 0.25) is 0 Å². The maximum absolute atomic E-state index is 13.7. The van der Waals surface area contributed by atoms with Gasteiger partial charge in [0, 0.05) is 11.1 Å². The SMILES string of the molecule is COc1ccc(/C(C)=N\NC(=O)c2ccc(OC)c(OC)c2)cc1F. The number of nitrogens with one attached hydrogen (secondary N) is 1. The molecule has 7 heteroatoms. The van der Waals surface area contributed by atoms with Gasteiger partial charge in [0.15, 0.2) is 23.1 Å². The first-order valence-corrected chi connectivity index (χ1v) is 7.40. The van der Waals surface area contributed by atoms with Gasteiger partial charge in [-0.3, -0.25) is 4.79 Å². The van der Waals surface area contributed by atoms with E-state index in [1.54, 1.807) is 31.2 Å². The van der Waals surface area contributed by atoms with E-state index in [-0.39, 0.29) is 5.75 Å². The highest BCUT2D eigenvalue weighted by molar-refractivity contribution is 6.01. The normalized spacial score (nSPS) is 11.0. The molecule has 0 fully saturated rings. The highest BCUT2D eigenvalue weighted by Crippen LogP contribution is 2.27. The van der Waals surface area contributed by atoms with E-state index in [2.05, 4.69) is 10.5 Å². The number of hydrogen-bond acceptors (Lipinski definition) is 5. The minimum atomic E-state index is -0.499. The predicted molar refractivity (Wildman–Crippen MR) is 92.2 cm³/mol. The van der Waals surface area contributed by atoms with E-state index >= 15 is 0 Å². The number of hydrazone groups is 1. The summed E-state index contributed by atoms with van der Waals surface area (Å²) in [6.07, 6.45) is 0. The first-order valence-electron chi connectivity index (χ1n) is 7.40. The number of methoxy groups -OCH3 is 3. The zero-order valence-corrected chi connectivity index (χ0v) is 14.4. The molecule has 0 heterocycles. The molecular formula is C18H19FN2O4. The highest BCUT2D eigenvalue weighted by Gasteiger charge is 2.11. The number of carbonyl (C=O) groups is 1. The average Bonchev–Trinajstić information content (AvgIpc) is 2.64. The minimum absolute atomic E-state index is 0.144. The Morgan fingerprint density at radius 2 is 1.52 bits per heavy atom. The smallest absolute Gasteiger partial charge is 0.271 e. The van der Waals surface area contributed by atoms with Crippen LogP contribution in [0, 0.1) is 5.82 Å². The van der Waals surface area contributed by atoms with Crippen LogP contribution in [0.3, 0.4) is 0 Å². The van der Waals surface area contributed by atoms with Crippen molar-refractivity contribution in [3.8, 4) is 17.2 Å². The quantitative estimate of drug-likeness (QED) is 0.645. The van der Waals surface area contributed by atoms with Crippen LogP contribution in [0.4, 0.5) is 4.39 Å². The van der Waals surface area contributed by atoms with Gasteiger partial charge in [0.2, 0.25) is 0 Å². The monoisotopic (exact) mass is 346 g/mol. The molecule has 1 N–H and O–H groups in total. The van der Waals surface area contributed by atoms with Crippen molar-refractivity contribution in [2.45, 2.75) is 6.92 Å². The molecule has 0 aliphatic carbocycles. The lowest BCUT2D eigenvalue weighted by Crippen LogP contribution is -2.19. The lowest BCUT2D eigenvalue weighted by molar-refractivity contribution is 0.0954. The molecule has 2 rings (SSSR count). The second kappa shape index (κ2) is 8.14. The summed E-state index contributed by atoms with van der Waals surface area (Å²) in [5, 5.41) is 4.00. The second-order valence-corrected chi connectivity index (χ2v) is 5.06. The first-order chi connectivity index (χ1) is 12.0. The summed E-state index contributed by atoms with van der Waals surface area (Å²) in [7, 11) is 4.39. The third-order valence-electron chi connectivity index (χ3n) is 3.54. The number of amides is 1. The Labute approximate surface area is 145 Å². The third kappa shape index (κ3) is 4.26. The van der Waals surface area contributed by atoms with Crippen LogP contribution in [0.1, 0.15) is 22.8 Å². The fourth-order valence-corrected chi connectivity index (χ4v) is 2.13. The van der Waals surface area contributed by atoms with E-state index in [1.165, 1.54) is 33.5 Å². The van der Waals surface area contributed by atoms with Crippen molar-refractivity contribution in [3.05, 3.63) is 53.3 Å². The Balaban J connectivity index is 2.15. The van der Waals surface area contributed by atoms with Crippen molar-refractivity contribution >= 4 is 11.6 Å². The molecule has 0 unspecified atom stereocenters. The molecule has 0 aliphatic rings. The zero-order chi connectivity index (χ0) is 18.4. The Morgan fingerprint density at radius 1 is 0.920 bits per heavy atom. The molecule has 0 spiro atoms. The molecule has 0 saturated heterocycles. The summed E-state index contributed by atoms with van der Waals surface area (Å²) in [6.45, 7) is 1.66. The van der Waals surface area contributed by atoms with Crippen LogP contribution in [-0.2, 0) is 0 Å². The molecule has 2 aromatic rings. The third-order valence-corrected chi connectivity index (χ3v) is 3.54. The molecule has 6 nitrogen and oxygen atoms in total. The lowest BCUT2D eigenvalue weighted by Gasteiger charge is -2.09. The van der Waals surface area contributed by atoms with Crippen LogP contribution < -0.4 is 19.6 Å². The van der Waals surface area contributed by atoms with Crippen molar-refractivity contribution in [2.24, 2.45) is 5.10 Å². The van der Waals surface area contributed by atoms with Gasteiger partial charge >= 0.3 is 0 Å². The Bertz CT molecular complexity index is 806. The summed E-state index contributed by atoms with van der Waals surface area (Å²) in [6, 6.07) is 9.22. The molecule has 0 radical (unpaired) electrons. The molecule has 25 heavy (non-hydrogen) atoms. The predicted octanol–water partition coefficient (Wildman–Crippen LogP) is 3.01. The standard InChI is InChI=1S/C18H19FN2O4/c1-11(12-5-7-15(23-2)14(19)9-12)20-21-18(22)13-6-8-16(24-3)17(10-13)25-4/h5-10H,1-4H3,(H,21,22)/b20-11-. The summed E-state index contributed by atoms with van der Waals surface area (Å²) < 4.78 is 28.9. The van der Waals surface area contributed by atoms with Crippen LogP contribution in [0.15, 0.2) is 41.5 Å². The van der Waals surface area contributed by atoms with Gasteiger partial charge in [-0.15, -0.1) is 0 Å². The van der Waals surface area contributed by atoms with Gasteiger partial charge in [-0.1, -0.05) is 0 Å². The first kappa shape index (κ1) is 18.3. The Hall–Kier alpha value is -3.09. The van der Waals surface area contributed by atoms with Gasteiger partial charge in [-0.05, 0) is 43.3 Å². The number of benzene rings is 2. The number of nitrogens with zero attached hydrogens (tertiary/aromatic N) is 1. The van der Waals surface area contributed by atoms with E-state index in [0.717, 1.165) is 0 Å². The molecule has 0 aliphatic heterocycles. The van der Waals surface area contributed by atoms with Gasteiger partial charge in [0.1, 0.15) is 0 Å². The maximum Gasteiger partial charge on any atom is 0.271 e. The van der Waals surface area contributed by atoms with E-state index < -0.39 is 11.7 Å². The van der Waals surface area contributed by atoms with E-state index in [0.29, 0.717) is 28.3 Å². The van der Waals surface area contributed by atoms with E-state index in [4.69, 9.17) is 14.2 Å². The molecule has 2 aromatic carbocycles. The van der Waals surface area contributed by atoms with E-state index in [9.17, 15) is 9.18 Å². The van der Waals surface area contributed by atoms with Gasteiger partial charge in [-0.2, -0.15) is 5.10 Å². The zero-order valence-electron chi connectivity index (χ0n) is 14.4. The van der Waals surface area contributed by atoms with Crippen LogP contribution in [-0.4, -0.2) is 32.9 Å². The van der Waals surface area contributed by atoms with Gasteiger partial charge in [0.25, 0.3) is 5.91 Å². The van der Waals surface area contributed by atoms with Crippen LogP contribution >= 0.6 is 0 Å². The highest BCUT2D eigenvalue weighted by atomic mass is 19.1. The van der Waals surface area contributed by atoms with Crippen LogP contribution in [0.25, 0.3) is 0 Å². The summed E-state index contributed by atoms with van der Waals surface area (Å²) in [5.74, 6) is 0.182. The Morgan fingerprint density at radius 3 is 2.12 bits per heavy atom. The van der Waals surface area contributed by atoms with Crippen molar-refractivity contribution in [1.82, 2.24) is 5.43 Å². The fraction of sp³-hybridized carbons (Fsp3) is 0.222. The average molecular weight is 346 g/mol. The van der Waals surface area contributed by atoms with Crippen molar-refractivity contribution in [1.29, 1.82) is 0 Å². The van der Waals surface area contributed by atoms with Gasteiger partial charge in [0.05, 0.1) is 27.0 Å². The van der Waals surface area contributed by atoms with Crippen LogP contribution in [0.5, 0.6) is 17.2 Å². The molecule has 0 aromatic heterocycles. The summed E-state index contributed by atoms with van der Waals surface area (Å²) >= 11 is 0. The lowest BCUT2D eigenvalue weighted by atomic mass is 10.1. The largest absolute Gasteiger partial charge is 0.494 e. The molecular weight excluding hydrogens is 327 g/mol. The van der Waals surface area contributed by atoms with E-state index in [1.807, 2.05) is 0 Å². The Kier molecular flexibility index (Phi) is 5.94. The minimum Gasteiger partial charge on any atom is -0.494 e. The number of rotatable bonds is 6. The van der Waals surface area contributed by atoms with Crippen molar-refractivity contribution < 1.29 is 23.4 Å². The molecule has 0 atom stereocenters. The molecule has 0 bridgehead atoms. The molecule has 0 saturated carbocycles. The molecule has 1 amide bonds.